The van der Waals surface area contributed by atoms with Crippen LogP contribution in [0.4, 0.5) is 0 Å². The lowest BCUT2D eigenvalue weighted by atomic mass is 10.1. The maximum Gasteiger partial charge on any atom is 0.248 e. The van der Waals surface area contributed by atoms with Gasteiger partial charge >= 0.3 is 0 Å². The zero-order chi connectivity index (χ0) is 9.14. The fourth-order valence-corrected chi connectivity index (χ4v) is 0.926. The molecular formula is C8H7NO2S. The van der Waals surface area contributed by atoms with Crippen molar-refractivity contribution < 1.29 is 9.59 Å². The van der Waals surface area contributed by atoms with Crippen molar-refractivity contribution in [3.8, 4) is 0 Å². The molecule has 0 radical (unpaired) electrons. The Morgan fingerprint density at radius 3 is 1.83 bits per heavy atom. The van der Waals surface area contributed by atoms with Crippen molar-refractivity contribution in [2.75, 3.05) is 0 Å². The van der Waals surface area contributed by atoms with Crippen molar-refractivity contribution in [3.05, 3.63) is 35.4 Å². The van der Waals surface area contributed by atoms with Crippen LogP contribution in [0.15, 0.2) is 24.3 Å². The number of amides is 1. The Morgan fingerprint density at radius 2 is 1.50 bits per heavy atom. The summed E-state index contributed by atoms with van der Waals surface area (Å²) in [6.07, 6.45) is 0. The van der Waals surface area contributed by atoms with Gasteiger partial charge in [-0.25, -0.2) is 0 Å². The van der Waals surface area contributed by atoms with Crippen LogP contribution in [0.1, 0.15) is 20.7 Å². The molecule has 1 aromatic carbocycles. The Balaban J connectivity index is 3.01. The van der Waals surface area contributed by atoms with E-state index in [4.69, 9.17) is 5.73 Å². The molecular weight excluding hydrogens is 174 g/mol. The molecule has 62 valence electrons. The van der Waals surface area contributed by atoms with Crippen molar-refractivity contribution in [3.63, 3.8) is 0 Å². The molecule has 1 rings (SSSR count). The van der Waals surface area contributed by atoms with Crippen LogP contribution < -0.4 is 5.73 Å². The summed E-state index contributed by atoms with van der Waals surface area (Å²) in [5, 5.41) is -0.328. The summed E-state index contributed by atoms with van der Waals surface area (Å²) in [7, 11) is 0. The van der Waals surface area contributed by atoms with Crippen LogP contribution in [0, 0.1) is 0 Å². The summed E-state index contributed by atoms with van der Waals surface area (Å²) in [5.74, 6) is -0.506. The SMILES string of the molecule is NC(=O)c1ccc(C(=O)S)cc1. The predicted molar refractivity (Wildman–Crippen MR) is 48.3 cm³/mol. The molecule has 0 spiro atoms. The molecule has 0 atom stereocenters. The maximum absolute atomic E-state index is 10.7. The number of primary amides is 1. The smallest absolute Gasteiger partial charge is 0.248 e. The van der Waals surface area contributed by atoms with Crippen molar-refractivity contribution >= 4 is 23.7 Å². The molecule has 0 aliphatic heterocycles. The lowest BCUT2D eigenvalue weighted by Gasteiger charge is -1.95. The average Bonchev–Trinajstić information content (AvgIpc) is 2.04. The molecule has 12 heavy (non-hydrogen) atoms. The zero-order valence-corrected chi connectivity index (χ0v) is 7.04. The monoisotopic (exact) mass is 181 g/mol. The zero-order valence-electron chi connectivity index (χ0n) is 6.15. The Bertz CT molecular complexity index is 285. The number of benzene rings is 1. The van der Waals surface area contributed by atoms with Gasteiger partial charge < -0.3 is 5.73 Å². The van der Waals surface area contributed by atoms with Gasteiger partial charge in [-0.05, 0) is 24.3 Å². The van der Waals surface area contributed by atoms with E-state index in [9.17, 15) is 9.59 Å². The third kappa shape index (κ3) is 1.85. The number of nitrogens with two attached hydrogens (primary N) is 1. The highest BCUT2D eigenvalue weighted by atomic mass is 32.1. The third-order valence-corrected chi connectivity index (χ3v) is 1.67. The molecule has 4 heteroatoms. The highest BCUT2D eigenvalue weighted by Crippen LogP contribution is 2.05. The number of hydrogen-bond donors (Lipinski definition) is 2. The van der Waals surface area contributed by atoms with Gasteiger partial charge in [0.25, 0.3) is 0 Å². The normalized spacial score (nSPS) is 9.42. The third-order valence-electron chi connectivity index (χ3n) is 1.42. The van der Waals surface area contributed by atoms with Crippen molar-refractivity contribution in [1.29, 1.82) is 0 Å². The fourth-order valence-electron chi connectivity index (χ4n) is 0.777. The second kappa shape index (κ2) is 3.40. The van der Waals surface area contributed by atoms with Crippen LogP contribution in [-0.4, -0.2) is 11.0 Å². The van der Waals surface area contributed by atoms with E-state index in [0.29, 0.717) is 11.1 Å². The molecule has 1 aromatic rings. The fraction of sp³-hybridized carbons (Fsp3) is 0. The molecule has 0 unspecified atom stereocenters. The van der Waals surface area contributed by atoms with Gasteiger partial charge in [0, 0.05) is 11.1 Å². The Kier molecular flexibility index (Phi) is 2.50. The topological polar surface area (TPSA) is 60.2 Å². The lowest BCUT2D eigenvalue weighted by molar-refractivity contribution is 0.0999. The minimum Gasteiger partial charge on any atom is -0.366 e. The molecule has 0 fully saturated rings. The van der Waals surface area contributed by atoms with E-state index in [2.05, 4.69) is 12.6 Å². The van der Waals surface area contributed by atoms with E-state index in [1.54, 1.807) is 0 Å². The van der Waals surface area contributed by atoms with Gasteiger partial charge in [0.05, 0.1) is 0 Å². The van der Waals surface area contributed by atoms with Gasteiger partial charge in [-0.2, -0.15) is 0 Å². The van der Waals surface area contributed by atoms with Gasteiger partial charge in [0.2, 0.25) is 11.0 Å². The quantitative estimate of drug-likeness (QED) is 0.664. The number of hydrogen-bond acceptors (Lipinski definition) is 2. The van der Waals surface area contributed by atoms with Crippen LogP contribution in [0.25, 0.3) is 0 Å². The maximum atomic E-state index is 10.7. The van der Waals surface area contributed by atoms with E-state index < -0.39 is 5.91 Å². The Hall–Kier alpha value is -1.29. The Morgan fingerprint density at radius 1 is 1.08 bits per heavy atom. The molecule has 0 aliphatic carbocycles. The highest BCUT2D eigenvalue weighted by Gasteiger charge is 2.02. The molecule has 1 amide bonds. The van der Waals surface area contributed by atoms with Crippen molar-refractivity contribution in [2.24, 2.45) is 5.73 Å². The van der Waals surface area contributed by atoms with Gasteiger partial charge in [0.1, 0.15) is 0 Å². The first-order chi connectivity index (χ1) is 5.61. The number of carbonyl (C=O) groups excluding carboxylic acids is 2. The predicted octanol–water partition coefficient (Wildman–Crippen LogP) is 0.855. The first-order valence-corrected chi connectivity index (χ1v) is 3.69. The molecule has 2 N–H and O–H groups in total. The van der Waals surface area contributed by atoms with Crippen LogP contribution in [0.5, 0.6) is 0 Å². The van der Waals surface area contributed by atoms with E-state index >= 15 is 0 Å². The van der Waals surface area contributed by atoms with E-state index in [0.717, 1.165) is 0 Å². The minimum absolute atomic E-state index is 0.328. The largest absolute Gasteiger partial charge is 0.366 e. The summed E-state index contributed by atoms with van der Waals surface area (Å²) in [4.78, 5) is 21.3. The molecule has 0 saturated carbocycles. The van der Waals surface area contributed by atoms with Crippen LogP contribution in [0.2, 0.25) is 0 Å². The first-order valence-electron chi connectivity index (χ1n) is 3.24. The summed E-state index contributed by atoms with van der Waals surface area (Å²) >= 11 is 3.62. The molecule has 0 saturated heterocycles. The van der Waals surface area contributed by atoms with Gasteiger partial charge in [-0.1, -0.05) is 0 Å². The van der Waals surface area contributed by atoms with Crippen molar-refractivity contribution in [1.82, 2.24) is 0 Å². The molecule has 3 nitrogen and oxygen atoms in total. The van der Waals surface area contributed by atoms with Crippen molar-refractivity contribution in [2.45, 2.75) is 0 Å². The van der Waals surface area contributed by atoms with Gasteiger partial charge in [0.15, 0.2) is 0 Å². The van der Waals surface area contributed by atoms with Crippen LogP contribution in [0.3, 0.4) is 0 Å². The van der Waals surface area contributed by atoms with Crippen LogP contribution in [-0.2, 0) is 0 Å². The molecule has 0 heterocycles. The molecule has 0 aromatic heterocycles. The second-order valence-electron chi connectivity index (χ2n) is 2.25. The minimum atomic E-state index is -0.506. The standard InChI is InChI=1S/C8H7NO2S/c9-7(10)5-1-3-6(4-2-5)8(11)12/h1-4H,(H2,9,10)(H,11,12). The molecule has 0 aliphatic rings. The summed E-state index contributed by atoms with van der Waals surface area (Å²) in [5.41, 5.74) is 5.83. The number of thiol groups is 1. The second-order valence-corrected chi connectivity index (χ2v) is 2.65. The van der Waals surface area contributed by atoms with Gasteiger partial charge in [-0.15, -0.1) is 12.6 Å². The van der Waals surface area contributed by atoms with E-state index in [1.165, 1.54) is 24.3 Å². The number of carbonyl (C=O) groups is 2. The molecule has 0 bridgehead atoms. The summed E-state index contributed by atoms with van der Waals surface area (Å²) in [6, 6.07) is 6.00. The van der Waals surface area contributed by atoms with Gasteiger partial charge in [-0.3, -0.25) is 9.59 Å². The van der Waals surface area contributed by atoms with E-state index in [-0.39, 0.29) is 5.12 Å². The highest BCUT2D eigenvalue weighted by molar-refractivity contribution is 7.97. The number of rotatable bonds is 2. The lowest BCUT2D eigenvalue weighted by Crippen LogP contribution is -2.10. The Labute approximate surface area is 75.0 Å². The van der Waals surface area contributed by atoms with E-state index in [1.807, 2.05) is 0 Å². The first kappa shape index (κ1) is 8.80. The summed E-state index contributed by atoms with van der Waals surface area (Å²) in [6.45, 7) is 0. The van der Waals surface area contributed by atoms with Crippen LogP contribution >= 0.6 is 12.6 Å². The summed E-state index contributed by atoms with van der Waals surface area (Å²) < 4.78 is 0. The average molecular weight is 181 g/mol.